The summed E-state index contributed by atoms with van der Waals surface area (Å²) in [6, 6.07) is 9.50. The number of alkyl halides is 3. The number of nitrogens with one attached hydrogen (secondary N) is 1. The van der Waals surface area contributed by atoms with E-state index < -0.39 is 17.8 Å². The molecule has 1 unspecified atom stereocenters. The number of benzene rings is 2. The van der Waals surface area contributed by atoms with E-state index in [4.69, 9.17) is 0 Å². The van der Waals surface area contributed by atoms with Crippen LogP contribution in [0.1, 0.15) is 29.7 Å². The van der Waals surface area contributed by atoms with Gasteiger partial charge in [-0.25, -0.2) is 0 Å². The number of carbonyl (C=O) groups is 1. The van der Waals surface area contributed by atoms with Crippen LogP contribution in [-0.4, -0.2) is 26.1 Å². The molecule has 0 spiro atoms. The Morgan fingerprint density at radius 3 is 2.39 bits per heavy atom. The molecule has 1 aromatic heterocycles. The molecule has 0 bridgehead atoms. The van der Waals surface area contributed by atoms with Crippen molar-refractivity contribution in [2.45, 2.75) is 33.0 Å². The third kappa shape index (κ3) is 4.03. The molecule has 28 heavy (non-hydrogen) atoms. The zero-order chi connectivity index (χ0) is 20.5. The SMILES string of the molecule is Cc1cccc(C)c1NC(=O)C(C)n1nnc(-c2cccc(C(F)(F)F)c2)n1. The molecule has 1 heterocycles. The summed E-state index contributed by atoms with van der Waals surface area (Å²) in [6.45, 7) is 5.35. The lowest BCUT2D eigenvalue weighted by Gasteiger charge is -2.14. The van der Waals surface area contributed by atoms with E-state index in [1.807, 2.05) is 32.0 Å². The van der Waals surface area contributed by atoms with Gasteiger partial charge < -0.3 is 5.32 Å². The number of rotatable bonds is 4. The van der Waals surface area contributed by atoms with Crippen molar-refractivity contribution in [2.24, 2.45) is 0 Å². The van der Waals surface area contributed by atoms with Crippen molar-refractivity contribution in [3.05, 3.63) is 59.2 Å². The van der Waals surface area contributed by atoms with Crippen LogP contribution in [0.25, 0.3) is 11.4 Å². The summed E-state index contributed by atoms with van der Waals surface area (Å²) in [6.07, 6.45) is -4.47. The molecule has 0 saturated carbocycles. The van der Waals surface area contributed by atoms with Crippen LogP contribution in [0, 0.1) is 13.8 Å². The molecule has 0 saturated heterocycles. The second-order valence-electron chi connectivity index (χ2n) is 6.44. The molecular formula is C19H18F3N5O. The van der Waals surface area contributed by atoms with Gasteiger partial charge in [0, 0.05) is 11.3 Å². The largest absolute Gasteiger partial charge is 0.416 e. The molecular weight excluding hydrogens is 371 g/mol. The Hall–Kier alpha value is -3.23. The third-order valence-electron chi connectivity index (χ3n) is 4.33. The molecule has 3 aromatic rings. The van der Waals surface area contributed by atoms with E-state index >= 15 is 0 Å². The lowest BCUT2D eigenvalue weighted by atomic mass is 10.1. The number of carbonyl (C=O) groups excluding carboxylic acids is 1. The number of hydrogen-bond donors (Lipinski definition) is 1. The van der Waals surface area contributed by atoms with Crippen molar-refractivity contribution >= 4 is 11.6 Å². The Kier molecular flexibility index (Phi) is 5.17. The average molecular weight is 389 g/mol. The number of hydrogen-bond acceptors (Lipinski definition) is 4. The fourth-order valence-electron chi connectivity index (χ4n) is 2.68. The standard InChI is InChI=1S/C19H18F3N5O/c1-11-6-4-7-12(2)16(11)23-18(28)13(3)27-25-17(24-26-27)14-8-5-9-15(10-14)19(20,21)22/h4-10,13H,1-3H3,(H,23,28). The summed E-state index contributed by atoms with van der Waals surface area (Å²) < 4.78 is 38.6. The minimum Gasteiger partial charge on any atom is -0.324 e. The molecule has 1 amide bonds. The predicted octanol–water partition coefficient (Wildman–Crippen LogP) is 4.18. The Balaban J connectivity index is 1.81. The summed E-state index contributed by atoms with van der Waals surface area (Å²) in [5, 5.41) is 14.5. The van der Waals surface area contributed by atoms with E-state index in [0.29, 0.717) is 5.69 Å². The molecule has 1 N–H and O–H groups in total. The van der Waals surface area contributed by atoms with Gasteiger partial charge in [-0.2, -0.15) is 18.0 Å². The molecule has 0 fully saturated rings. The van der Waals surface area contributed by atoms with Gasteiger partial charge >= 0.3 is 6.18 Å². The van der Waals surface area contributed by atoms with Gasteiger partial charge in [-0.15, -0.1) is 10.2 Å². The number of halogens is 3. The van der Waals surface area contributed by atoms with Gasteiger partial charge in [0.15, 0.2) is 0 Å². The maximum absolute atomic E-state index is 12.9. The first kappa shape index (κ1) is 19.5. The molecule has 0 aliphatic heterocycles. The van der Waals surface area contributed by atoms with Crippen molar-refractivity contribution in [3.63, 3.8) is 0 Å². The van der Waals surface area contributed by atoms with Crippen LogP contribution in [0.3, 0.4) is 0 Å². The zero-order valence-corrected chi connectivity index (χ0v) is 15.4. The summed E-state index contributed by atoms with van der Waals surface area (Å²) in [7, 11) is 0. The topological polar surface area (TPSA) is 72.7 Å². The van der Waals surface area contributed by atoms with Crippen LogP contribution in [0.2, 0.25) is 0 Å². The highest BCUT2D eigenvalue weighted by Gasteiger charge is 2.31. The van der Waals surface area contributed by atoms with E-state index in [9.17, 15) is 18.0 Å². The lowest BCUT2D eigenvalue weighted by molar-refractivity contribution is -0.137. The highest BCUT2D eigenvalue weighted by molar-refractivity contribution is 5.94. The average Bonchev–Trinajstić information content (AvgIpc) is 3.13. The number of aryl methyl sites for hydroxylation is 2. The Labute approximate surface area is 159 Å². The fraction of sp³-hybridized carbons (Fsp3) is 0.263. The summed E-state index contributed by atoms with van der Waals surface area (Å²) in [5.74, 6) is -0.344. The monoisotopic (exact) mass is 389 g/mol. The summed E-state index contributed by atoms with van der Waals surface area (Å²) in [4.78, 5) is 13.6. The van der Waals surface area contributed by atoms with Crippen molar-refractivity contribution in [2.75, 3.05) is 5.32 Å². The molecule has 2 aromatic carbocycles. The molecule has 0 aliphatic rings. The van der Waals surface area contributed by atoms with Gasteiger partial charge in [0.1, 0.15) is 6.04 Å². The first-order valence-electron chi connectivity index (χ1n) is 8.51. The number of tetrazole rings is 1. The van der Waals surface area contributed by atoms with Gasteiger partial charge in [0.25, 0.3) is 5.91 Å². The van der Waals surface area contributed by atoms with Crippen LogP contribution in [0.4, 0.5) is 18.9 Å². The summed E-state index contributed by atoms with van der Waals surface area (Å²) in [5.41, 5.74) is 1.90. The zero-order valence-electron chi connectivity index (χ0n) is 15.4. The Morgan fingerprint density at radius 2 is 1.75 bits per heavy atom. The predicted molar refractivity (Wildman–Crippen MR) is 97.5 cm³/mol. The number of para-hydroxylation sites is 1. The van der Waals surface area contributed by atoms with Gasteiger partial charge in [0.2, 0.25) is 5.82 Å². The van der Waals surface area contributed by atoms with E-state index in [2.05, 4.69) is 20.7 Å². The molecule has 6 nitrogen and oxygen atoms in total. The number of anilines is 1. The van der Waals surface area contributed by atoms with Gasteiger partial charge in [-0.3, -0.25) is 4.79 Å². The molecule has 9 heteroatoms. The van der Waals surface area contributed by atoms with Crippen LogP contribution in [0.15, 0.2) is 42.5 Å². The van der Waals surface area contributed by atoms with Gasteiger partial charge in [-0.05, 0) is 49.2 Å². The van der Waals surface area contributed by atoms with Crippen LogP contribution < -0.4 is 5.32 Å². The molecule has 0 aliphatic carbocycles. The van der Waals surface area contributed by atoms with Crippen LogP contribution in [-0.2, 0) is 11.0 Å². The molecule has 146 valence electrons. The molecule has 3 rings (SSSR count). The maximum atomic E-state index is 12.9. The Bertz CT molecular complexity index is 993. The number of nitrogens with zero attached hydrogens (tertiary/aromatic N) is 4. The van der Waals surface area contributed by atoms with Crippen molar-refractivity contribution in [3.8, 4) is 11.4 Å². The van der Waals surface area contributed by atoms with Crippen molar-refractivity contribution < 1.29 is 18.0 Å². The molecule has 0 radical (unpaired) electrons. The van der Waals surface area contributed by atoms with Gasteiger partial charge in [-0.1, -0.05) is 30.3 Å². The normalized spacial score (nSPS) is 12.6. The van der Waals surface area contributed by atoms with E-state index in [1.54, 1.807) is 6.92 Å². The second-order valence-corrected chi connectivity index (χ2v) is 6.44. The van der Waals surface area contributed by atoms with Gasteiger partial charge in [0.05, 0.1) is 5.56 Å². The quantitative estimate of drug-likeness (QED) is 0.727. The smallest absolute Gasteiger partial charge is 0.324 e. The van der Waals surface area contributed by atoms with E-state index in [-0.39, 0.29) is 17.3 Å². The second kappa shape index (κ2) is 7.41. The third-order valence-corrected chi connectivity index (χ3v) is 4.33. The van der Waals surface area contributed by atoms with Crippen molar-refractivity contribution in [1.82, 2.24) is 20.2 Å². The fourth-order valence-corrected chi connectivity index (χ4v) is 2.68. The van der Waals surface area contributed by atoms with E-state index in [1.165, 1.54) is 12.1 Å². The summed E-state index contributed by atoms with van der Waals surface area (Å²) >= 11 is 0. The number of aromatic nitrogens is 4. The van der Waals surface area contributed by atoms with Crippen molar-refractivity contribution in [1.29, 1.82) is 0 Å². The first-order chi connectivity index (χ1) is 13.2. The lowest BCUT2D eigenvalue weighted by Crippen LogP contribution is -2.26. The minimum absolute atomic E-state index is 0.0119. The maximum Gasteiger partial charge on any atom is 0.416 e. The Morgan fingerprint density at radius 1 is 1.11 bits per heavy atom. The van der Waals surface area contributed by atoms with E-state index in [0.717, 1.165) is 28.1 Å². The van der Waals surface area contributed by atoms with Crippen LogP contribution in [0.5, 0.6) is 0 Å². The first-order valence-corrected chi connectivity index (χ1v) is 8.51. The number of amides is 1. The highest BCUT2D eigenvalue weighted by Crippen LogP contribution is 2.31. The molecule has 1 atom stereocenters. The van der Waals surface area contributed by atoms with Crippen LogP contribution >= 0.6 is 0 Å². The minimum atomic E-state index is -4.47. The highest BCUT2D eigenvalue weighted by atomic mass is 19.4.